The van der Waals surface area contributed by atoms with E-state index in [0.29, 0.717) is 13.1 Å². The summed E-state index contributed by atoms with van der Waals surface area (Å²) in [5.41, 5.74) is 0. The lowest BCUT2D eigenvalue weighted by atomic mass is 10.3. The molecule has 0 unspecified atom stereocenters. The van der Waals surface area contributed by atoms with Gasteiger partial charge in [0.05, 0.1) is 6.54 Å². The smallest absolute Gasteiger partial charge is 0.236 e. The van der Waals surface area contributed by atoms with E-state index in [0.717, 1.165) is 88.4 Å². The van der Waals surface area contributed by atoms with Crippen molar-refractivity contribution in [1.29, 1.82) is 0 Å². The number of nitrogens with zero attached hydrogens (tertiary/aromatic N) is 7. The first-order valence-corrected chi connectivity index (χ1v) is 12.3. The lowest BCUT2D eigenvalue weighted by Gasteiger charge is -2.36. The Balaban J connectivity index is 0.00000341. The number of guanidine groups is 1. The van der Waals surface area contributed by atoms with E-state index in [4.69, 9.17) is 4.99 Å². The molecule has 176 valence electrons. The average Bonchev–Trinajstić information content (AvgIpc) is 3.40. The molecule has 2 aliphatic heterocycles. The van der Waals surface area contributed by atoms with Crippen LogP contribution in [0.2, 0.25) is 0 Å². The van der Waals surface area contributed by atoms with E-state index >= 15 is 0 Å². The van der Waals surface area contributed by atoms with Crippen LogP contribution in [0.4, 0.5) is 0 Å². The molecule has 1 aromatic rings. The van der Waals surface area contributed by atoms with Crippen molar-refractivity contribution in [2.75, 3.05) is 64.4 Å². The lowest BCUT2D eigenvalue weighted by molar-refractivity contribution is -0.131. The second-order valence-corrected chi connectivity index (χ2v) is 8.97. The molecular weight excluding hydrogens is 527 g/mol. The van der Waals surface area contributed by atoms with E-state index in [-0.39, 0.29) is 29.9 Å². The van der Waals surface area contributed by atoms with Crippen molar-refractivity contribution in [3.05, 3.63) is 11.6 Å². The van der Waals surface area contributed by atoms with Crippen molar-refractivity contribution in [1.82, 2.24) is 34.8 Å². The normalized spacial score (nSPS) is 17.7. The molecular formula is C20H37IN8OS. The fraction of sp³-hybridized carbons (Fsp3) is 0.800. The van der Waals surface area contributed by atoms with Crippen LogP contribution in [0.3, 0.4) is 0 Å². The third kappa shape index (κ3) is 7.77. The van der Waals surface area contributed by atoms with Gasteiger partial charge in [-0.2, -0.15) is 11.8 Å². The molecule has 1 aromatic heterocycles. The standard InChI is InChI=1S/C20H36N8OS.HI/c1-17-23-24-18(25(17)2)15-22-20(21-7-6-14-30-3)28-12-10-26(11-13-28)16-19(29)27-8-4-5-9-27;/h4-16H2,1-3H3,(H,21,22);1H. The third-order valence-corrected chi connectivity index (χ3v) is 6.55. The Hall–Kier alpha value is -1.08. The summed E-state index contributed by atoms with van der Waals surface area (Å²) in [5, 5.41) is 11.9. The zero-order valence-electron chi connectivity index (χ0n) is 19.0. The summed E-state index contributed by atoms with van der Waals surface area (Å²) in [7, 11) is 1.97. The zero-order valence-corrected chi connectivity index (χ0v) is 22.2. The van der Waals surface area contributed by atoms with Gasteiger partial charge in [0.2, 0.25) is 5.91 Å². The Bertz CT molecular complexity index is 714. The summed E-state index contributed by atoms with van der Waals surface area (Å²) in [6.07, 6.45) is 5.53. The van der Waals surface area contributed by atoms with Crippen LogP contribution in [0, 0.1) is 6.92 Å². The number of thioether (sulfide) groups is 1. The van der Waals surface area contributed by atoms with Gasteiger partial charge in [0.15, 0.2) is 11.8 Å². The van der Waals surface area contributed by atoms with Crippen molar-refractivity contribution in [3.8, 4) is 0 Å². The molecule has 0 saturated carbocycles. The molecule has 1 amide bonds. The highest BCUT2D eigenvalue weighted by atomic mass is 127. The number of rotatable bonds is 8. The molecule has 31 heavy (non-hydrogen) atoms. The van der Waals surface area contributed by atoms with Crippen LogP contribution in [-0.4, -0.2) is 106 Å². The number of carbonyl (C=O) groups excluding carboxylic acids is 1. The van der Waals surface area contributed by atoms with Crippen LogP contribution in [0.1, 0.15) is 30.9 Å². The Morgan fingerprint density at radius 3 is 2.42 bits per heavy atom. The molecule has 0 aliphatic carbocycles. The quantitative estimate of drug-likeness (QED) is 0.220. The maximum atomic E-state index is 12.4. The number of aromatic nitrogens is 3. The van der Waals surface area contributed by atoms with Gasteiger partial charge in [-0.1, -0.05) is 0 Å². The van der Waals surface area contributed by atoms with E-state index in [1.54, 1.807) is 0 Å². The molecule has 11 heteroatoms. The van der Waals surface area contributed by atoms with Crippen LogP contribution in [0.15, 0.2) is 4.99 Å². The van der Waals surface area contributed by atoms with Crippen molar-refractivity contribution in [2.45, 2.75) is 32.7 Å². The molecule has 2 aliphatic rings. The number of aliphatic imine (C=N–C) groups is 1. The van der Waals surface area contributed by atoms with E-state index in [1.807, 2.05) is 35.2 Å². The first kappa shape index (κ1) is 26.2. The number of hydrogen-bond acceptors (Lipinski definition) is 6. The van der Waals surface area contributed by atoms with E-state index in [2.05, 4.69) is 31.6 Å². The second-order valence-electron chi connectivity index (χ2n) is 7.99. The van der Waals surface area contributed by atoms with Gasteiger partial charge in [-0.25, -0.2) is 4.99 Å². The number of likely N-dealkylation sites (tertiary alicyclic amines) is 1. The summed E-state index contributed by atoms with van der Waals surface area (Å²) in [6.45, 7) is 9.28. The summed E-state index contributed by atoms with van der Waals surface area (Å²) in [4.78, 5) is 23.9. The number of piperazine rings is 1. The van der Waals surface area contributed by atoms with E-state index < -0.39 is 0 Å². The van der Waals surface area contributed by atoms with Gasteiger partial charge < -0.3 is 19.7 Å². The molecule has 3 heterocycles. The highest BCUT2D eigenvalue weighted by Gasteiger charge is 2.24. The highest BCUT2D eigenvalue weighted by Crippen LogP contribution is 2.10. The largest absolute Gasteiger partial charge is 0.356 e. The Morgan fingerprint density at radius 1 is 1.10 bits per heavy atom. The van der Waals surface area contributed by atoms with Crippen LogP contribution in [0.5, 0.6) is 0 Å². The third-order valence-electron chi connectivity index (χ3n) is 5.85. The molecule has 0 aromatic carbocycles. The lowest BCUT2D eigenvalue weighted by Crippen LogP contribution is -2.54. The van der Waals surface area contributed by atoms with Crippen LogP contribution >= 0.6 is 35.7 Å². The molecule has 0 radical (unpaired) electrons. The summed E-state index contributed by atoms with van der Waals surface area (Å²) < 4.78 is 1.98. The molecule has 0 spiro atoms. The zero-order chi connectivity index (χ0) is 21.3. The number of hydrogen-bond donors (Lipinski definition) is 1. The second kappa shape index (κ2) is 13.5. The van der Waals surface area contributed by atoms with E-state index in [9.17, 15) is 4.79 Å². The average molecular weight is 565 g/mol. The minimum absolute atomic E-state index is 0. The van der Waals surface area contributed by atoms with Crippen molar-refractivity contribution >= 4 is 47.6 Å². The highest BCUT2D eigenvalue weighted by molar-refractivity contribution is 14.0. The van der Waals surface area contributed by atoms with Gasteiger partial charge in [0, 0.05) is 52.9 Å². The Labute approximate surface area is 207 Å². The number of aryl methyl sites for hydroxylation is 1. The molecule has 2 saturated heterocycles. The van der Waals surface area contributed by atoms with Gasteiger partial charge in [0.25, 0.3) is 0 Å². The maximum Gasteiger partial charge on any atom is 0.236 e. The fourth-order valence-electron chi connectivity index (χ4n) is 3.79. The van der Waals surface area contributed by atoms with E-state index in [1.165, 1.54) is 0 Å². The van der Waals surface area contributed by atoms with Gasteiger partial charge in [-0.05, 0) is 38.2 Å². The minimum atomic E-state index is 0. The molecule has 3 rings (SSSR count). The molecule has 9 nitrogen and oxygen atoms in total. The van der Waals surface area contributed by atoms with Crippen LogP contribution in [0.25, 0.3) is 0 Å². The number of carbonyl (C=O) groups is 1. The van der Waals surface area contributed by atoms with Gasteiger partial charge in [-0.3, -0.25) is 9.69 Å². The van der Waals surface area contributed by atoms with Gasteiger partial charge in [0.1, 0.15) is 12.4 Å². The summed E-state index contributed by atoms with van der Waals surface area (Å²) in [5.74, 6) is 4.11. The monoisotopic (exact) mass is 564 g/mol. The van der Waals surface area contributed by atoms with Crippen molar-refractivity contribution in [2.24, 2.45) is 12.0 Å². The predicted octanol–water partition coefficient (Wildman–Crippen LogP) is 1.18. The summed E-state index contributed by atoms with van der Waals surface area (Å²) >= 11 is 1.86. The SMILES string of the molecule is CSCCCNC(=NCc1nnc(C)n1C)N1CCN(CC(=O)N2CCCC2)CC1.I. The number of amides is 1. The Morgan fingerprint density at radius 2 is 1.81 bits per heavy atom. The van der Waals surface area contributed by atoms with Crippen molar-refractivity contribution in [3.63, 3.8) is 0 Å². The van der Waals surface area contributed by atoms with Crippen molar-refractivity contribution < 1.29 is 4.79 Å². The minimum Gasteiger partial charge on any atom is -0.356 e. The summed E-state index contributed by atoms with van der Waals surface area (Å²) in [6, 6.07) is 0. The van der Waals surface area contributed by atoms with Gasteiger partial charge >= 0.3 is 0 Å². The molecule has 0 bridgehead atoms. The fourth-order valence-corrected chi connectivity index (χ4v) is 4.23. The Kier molecular flexibility index (Phi) is 11.4. The first-order valence-electron chi connectivity index (χ1n) is 11.0. The van der Waals surface area contributed by atoms with Crippen LogP contribution in [-0.2, 0) is 18.4 Å². The molecule has 0 atom stereocenters. The molecule has 2 fully saturated rings. The topological polar surface area (TPSA) is 81.9 Å². The number of nitrogens with one attached hydrogen (secondary N) is 1. The van der Waals surface area contributed by atoms with Crippen LogP contribution < -0.4 is 5.32 Å². The number of halogens is 1. The first-order chi connectivity index (χ1) is 14.6. The maximum absolute atomic E-state index is 12.4. The predicted molar refractivity (Wildman–Crippen MR) is 137 cm³/mol. The molecule has 1 N–H and O–H groups in total. The van der Waals surface area contributed by atoms with Gasteiger partial charge in [-0.15, -0.1) is 34.2 Å².